The average molecular weight is 817 g/mol. The molecule has 0 N–H and O–H groups in total. The van der Waals surface area contributed by atoms with Crippen molar-refractivity contribution in [3.63, 3.8) is 0 Å². The van der Waals surface area contributed by atoms with Crippen LogP contribution in [0.3, 0.4) is 0 Å². The zero-order chi connectivity index (χ0) is 41.9. The average Bonchev–Trinajstić information content (AvgIpc) is 4.10. The van der Waals surface area contributed by atoms with E-state index >= 15 is 0 Å². The van der Waals surface area contributed by atoms with Crippen molar-refractivity contribution >= 4 is 87.5 Å². The molecule has 0 aliphatic heterocycles. The van der Waals surface area contributed by atoms with Crippen LogP contribution in [0.1, 0.15) is 0 Å². The van der Waals surface area contributed by atoms with Crippen molar-refractivity contribution in [1.29, 1.82) is 0 Å². The molecule has 14 rings (SSSR count). The first kappa shape index (κ1) is 35.0. The maximum absolute atomic E-state index is 6.49. The van der Waals surface area contributed by atoms with Gasteiger partial charge in [0.25, 0.3) is 0 Å². The Bertz CT molecular complexity index is 4170. The standard InChI is InChI=1S/C60H36N2O2/c1-3-12-37(13-4-1)39-22-26-43(27-23-39)61-53-28-24-41(31-47(53)49-33-51-45-18-7-9-20-57(45)63-59(51)35-55(49)61)42-25-29-54-48(32-42)50-34-52-46-19-8-10-21-58(46)64-60(52)36-56(50)62(54)44-17-11-16-40(30-44)38-14-5-2-6-15-38/h1-36H. The molecule has 0 saturated heterocycles. The fraction of sp³-hybridized carbons (Fsp3) is 0. The number of furan rings is 2. The van der Waals surface area contributed by atoms with Crippen molar-refractivity contribution in [2.75, 3.05) is 0 Å². The molecule has 4 heterocycles. The Labute approximate surface area is 367 Å². The van der Waals surface area contributed by atoms with E-state index in [1.54, 1.807) is 0 Å². The van der Waals surface area contributed by atoms with Gasteiger partial charge >= 0.3 is 0 Å². The third-order valence-corrected chi connectivity index (χ3v) is 13.3. The van der Waals surface area contributed by atoms with E-state index in [1.807, 2.05) is 12.1 Å². The van der Waals surface area contributed by atoms with Crippen molar-refractivity contribution in [3.05, 3.63) is 218 Å². The summed E-state index contributed by atoms with van der Waals surface area (Å²) in [4.78, 5) is 0. The number of fused-ring (bicyclic) bond motifs is 12. The van der Waals surface area contributed by atoms with Gasteiger partial charge in [-0.3, -0.25) is 0 Å². The zero-order valence-corrected chi connectivity index (χ0v) is 34.5. The molecular formula is C60H36N2O2. The minimum absolute atomic E-state index is 0.883. The molecule has 4 heteroatoms. The Morgan fingerprint density at radius 1 is 0.219 bits per heavy atom. The summed E-state index contributed by atoms with van der Waals surface area (Å²) < 4.78 is 17.8. The molecule has 0 unspecified atom stereocenters. The van der Waals surface area contributed by atoms with Crippen LogP contribution >= 0.6 is 0 Å². The molecule has 4 aromatic heterocycles. The molecule has 0 bridgehead atoms. The first-order valence-corrected chi connectivity index (χ1v) is 21.8. The van der Waals surface area contributed by atoms with Crippen LogP contribution in [0, 0.1) is 0 Å². The Morgan fingerprint density at radius 3 is 1.20 bits per heavy atom. The summed E-state index contributed by atoms with van der Waals surface area (Å²) in [6.45, 7) is 0. The van der Waals surface area contributed by atoms with E-state index in [2.05, 4.69) is 215 Å². The summed E-state index contributed by atoms with van der Waals surface area (Å²) in [5, 5.41) is 9.25. The Hall–Kier alpha value is -8.60. The minimum Gasteiger partial charge on any atom is -0.456 e. The second-order valence-electron chi connectivity index (χ2n) is 16.9. The Balaban J connectivity index is 0.992. The third-order valence-electron chi connectivity index (χ3n) is 13.3. The molecule has 10 aromatic carbocycles. The number of para-hydroxylation sites is 2. The molecule has 0 aliphatic carbocycles. The lowest BCUT2D eigenvalue weighted by Gasteiger charge is -2.11. The predicted molar refractivity (Wildman–Crippen MR) is 266 cm³/mol. The molecule has 0 saturated carbocycles. The summed E-state index contributed by atoms with van der Waals surface area (Å²) in [6, 6.07) is 78.6. The van der Waals surface area contributed by atoms with Gasteiger partial charge in [-0.1, -0.05) is 133 Å². The van der Waals surface area contributed by atoms with Crippen LogP contribution in [0.25, 0.3) is 132 Å². The van der Waals surface area contributed by atoms with Crippen molar-refractivity contribution in [1.82, 2.24) is 9.13 Å². The molecule has 0 spiro atoms. The van der Waals surface area contributed by atoms with E-state index in [-0.39, 0.29) is 0 Å². The molecular weight excluding hydrogens is 781 g/mol. The summed E-state index contributed by atoms with van der Waals surface area (Å²) in [7, 11) is 0. The van der Waals surface area contributed by atoms with Gasteiger partial charge in [0.2, 0.25) is 0 Å². The summed E-state index contributed by atoms with van der Waals surface area (Å²) in [5.74, 6) is 0. The predicted octanol–water partition coefficient (Wildman–Crippen LogP) is 16.7. The van der Waals surface area contributed by atoms with Gasteiger partial charge in [0.1, 0.15) is 22.3 Å². The fourth-order valence-corrected chi connectivity index (χ4v) is 10.3. The number of rotatable bonds is 5. The van der Waals surface area contributed by atoms with E-state index in [9.17, 15) is 0 Å². The molecule has 0 amide bonds. The van der Waals surface area contributed by atoms with Gasteiger partial charge in [-0.2, -0.15) is 0 Å². The Morgan fingerprint density at radius 2 is 0.641 bits per heavy atom. The SMILES string of the molecule is c1ccc(-c2ccc(-n3c4ccc(-c5ccc6c(c5)c5cc7c(cc5n6-c5cccc(-c6ccccc6)c5)oc5ccccc57)cc4c4cc5c(cc43)oc3ccccc35)cc2)cc1. The topological polar surface area (TPSA) is 36.1 Å². The van der Waals surface area contributed by atoms with E-state index < -0.39 is 0 Å². The van der Waals surface area contributed by atoms with Crippen LogP contribution in [0.2, 0.25) is 0 Å². The highest BCUT2D eigenvalue weighted by atomic mass is 16.3. The molecule has 298 valence electrons. The summed E-state index contributed by atoms with van der Waals surface area (Å²) in [5.41, 5.74) is 17.4. The summed E-state index contributed by atoms with van der Waals surface area (Å²) in [6.07, 6.45) is 0. The molecule has 14 aromatic rings. The van der Waals surface area contributed by atoms with Gasteiger partial charge in [0, 0.05) is 66.6 Å². The van der Waals surface area contributed by atoms with Gasteiger partial charge in [0.15, 0.2) is 0 Å². The molecule has 0 atom stereocenters. The highest BCUT2D eigenvalue weighted by Crippen LogP contribution is 2.43. The highest BCUT2D eigenvalue weighted by molar-refractivity contribution is 6.20. The van der Waals surface area contributed by atoms with Gasteiger partial charge in [-0.15, -0.1) is 0 Å². The van der Waals surface area contributed by atoms with Crippen molar-refractivity contribution < 1.29 is 8.83 Å². The maximum atomic E-state index is 6.49. The lowest BCUT2D eigenvalue weighted by molar-refractivity contribution is 0.669. The van der Waals surface area contributed by atoms with E-state index in [4.69, 9.17) is 8.83 Å². The largest absolute Gasteiger partial charge is 0.456 e. The van der Waals surface area contributed by atoms with E-state index in [0.29, 0.717) is 0 Å². The molecule has 4 nitrogen and oxygen atoms in total. The van der Waals surface area contributed by atoms with Crippen LogP contribution < -0.4 is 0 Å². The van der Waals surface area contributed by atoms with E-state index in [1.165, 1.54) is 43.8 Å². The number of benzene rings is 10. The molecule has 0 radical (unpaired) electrons. The van der Waals surface area contributed by atoms with Crippen LogP contribution in [-0.4, -0.2) is 9.13 Å². The normalized spacial score (nSPS) is 12.1. The van der Waals surface area contributed by atoms with E-state index in [0.717, 1.165) is 88.4 Å². The van der Waals surface area contributed by atoms with Gasteiger partial charge < -0.3 is 18.0 Å². The third kappa shape index (κ3) is 5.23. The first-order valence-electron chi connectivity index (χ1n) is 21.8. The lowest BCUT2D eigenvalue weighted by atomic mass is 10.00. The van der Waals surface area contributed by atoms with Crippen LogP contribution in [0.4, 0.5) is 0 Å². The molecule has 64 heavy (non-hydrogen) atoms. The quantitative estimate of drug-likeness (QED) is 0.173. The monoisotopic (exact) mass is 816 g/mol. The van der Waals surface area contributed by atoms with Crippen molar-refractivity contribution in [2.24, 2.45) is 0 Å². The van der Waals surface area contributed by atoms with Crippen LogP contribution in [-0.2, 0) is 0 Å². The molecule has 0 fully saturated rings. The second kappa shape index (κ2) is 13.4. The Kier molecular flexibility index (Phi) is 7.36. The second-order valence-corrected chi connectivity index (χ2v) is 16.9. The number of aromatic nitrogens is 2. The molecule has 0 aliphatic rings. The minimum atomic E-state index is 0.883. The lowest BCUT2D eigenvalue weighted by Crippen LogP contribution is -1.94. The first-order chi connectivity index (χ1) is 31.7. The van der Waals surface area contributed by atoms with Gasteiger partial charge in [-0.25, -0.2) is 0 Å². The highest BCUT2D eigenvalue weighted by Gasteiger charge is 2.20. The van der Waals surface area contributed by atoms with Crippen molar-refractivity contribution in [3.8, 4) is 44.8 Å². The van der Waals surface area contributed by atoms with Gasteiger partial charge in [0.05, 0.1) is 22.1 Å². The number of hydrogen-bond acceptors (Lipinski definition) is 2. The van der Waals surface area contributed by atoms with Gasteiger partial charge in [-0.05, 0) is 106 Å². The maximum Gasteiger partial charge on any atom is 0.137 e. The zero-order valence-electron chi connectivity index (χ0n) is 34.5. The van der Waals surface area contributed by atoms with Crippen LogP contribution in [0.5, 0.6) is 0 Å². The fourth-order valence-electron chi connectivity index (χ4n) is 10.3. The van der Waals surface area contributed by atoms with Crippen molar-refractivity contribution in [2.45, 2.75) is 0 Å². The summed E-state index contributed by atoms with van der Waals surface area (Å²) >= 11 is 0. The number of nitrogens with zero attached hydrogens (tertiary/aromatic N) is 2. The smallest absolute Gasteiger partial charge is 0.137 e. The number of hydrogen-bond donors (Lipinski definition) is 0. The van der Waals surface area contributed by atoms with Crippen LogP contribution in [0.15, 0.2) is 227 Å².